The molecule has 0 saturated heterocycles. The molecule has 3 rings (SSSR count). The van der Waals surface area contributed by atoms with Crippen molar-refractivity contribution in [2.45, 2.75) is 103 Å². The van der Waals surface area contributed by atoms with Crippen LogP contribution in [-0.2, 0) is 0 Å². The largest absolute Gasteiger partial charge is 0.251 e. The highest BCUT2D eigenvalue weighted by atomic mass is 19.1. The number of hydrogen-bond donors (Lipinski definition) is 0. The summed E-state index contributed by atoms with van der Waals surface area (Å²) >= 11 is 0. The average Bonchev–Trinajstić information content (AvgIpc) is 2.72. The average molecular weight is 373 g/mol. The van der Waals surface area contributed by atoms with Gasteiger partial charge in [0.15, 0.2) is 0 Å². The molecule has 2 saturated carbocycles. The molecule has 0 atom stereocenters. The van der Waals surface area contributed by atoms with Gasteiger partial charge in [0.1, 0.15) is 0 Å². The van der Waals surface area contributed by atoms with Crippen molar-refractivity contribution in [1.82, 2.24) is 0 Å². The molecule has 27 heavy (non-hydrogen) atoms. The number of aryl methyl sites for hydroxylation is 1. The quantitative estimate of drug-likeness (QED) is 0.382. The van der Waals surface area contributed by atoms with Crippen LogP contribution in [-0.4, -0.2) is 6.67 Å². The maximum atomic E-state index is 12.1. The lowest BCUT2D eigenvalue weighted by molar-refractivity contribution is 0.155. The molecule has 0 heterocycles. The van der Waals surface area contributed by atoms with Crippen molar-refractivity contribution in [2.75, 3.05) is 6.67 Å². The summed E-state index contributed by atoms with van der Waals surface area (Å²) in [6.45, 7) is 2.06. The van der Waals surface area contributed by atoms with Gasteiger partial charge in [0.25, 0.3) is 0 Å². The van der Waals surface area contributed by atoms with Crippen molar-refractivity contribution < 1.29 is 4.39 Å². The number of halogens is 1. The maximum absolute atomic E-state index is 12.1. The van der Waals surface area contributed by atoms with E-state index in [1.165, 1.54) is 82.6 Å². The van der Waals surface area contributed by atoms with E-state index in [-0.39, 0.29) is 6.67 Å². The van der Waals surface area contributed by atoms with Crippen LogP contribution in [0.2, 0.25) is 0 Å². The predicted molar refractivity (Wildman–Crippen MR) is 115 cm³/mol. The van der Waals surface area contributed by atoms with E-state index in [2.05, 4.69) is 31.2 Å². The van der Waals surface area contributed by atoms with Gasteiger partial charge in [-0.25, -0.2) is 0 Å². The summed E-state index contributed by atoms with van der Waals surface area (Å²) in [5, 5.41) is 0. The van der Waals surface area contributed by atoms with Crippen LogP contribution in [0.4, 0.5) is 4.39 Å². The summed E-state index contributed by atoms with van der Waals surface area (Å²) < 4.78 is 12.1. The van der Waals surface area contributed by atoms with Crippen LogP contribution in [0.1, 0.15) is 107 Å². The Balaban J connectivity index is 1.31. The zero-order chi connectivity index (χ0) is 18.9. The first-order valence-corrected chi connectivity index (χ1v) is 11.9. The molecular weight excluding hydrogens is 331 g/mol. The van der Waals surface area contributed by atoms with E-state index in [0.29, 0.717) is 0 Å². The van der Waals surface area contributed by atoms with E-state index in [1.807, 2.05) is 0 Å². The Morgan fingerprint density at radius 2 is 1.26 bits per heavy atom. The van der Waals surface area contributed by atoms with Crippen LogP contribution in [0, 0.1) is 24.7 Å². The van der Waals surface area contributed by atoms with E-state index >= 15 is 0 Å². The van der Waals surface area contributed by atoms with Crippen molar-refractivity contribution in [3.8, 4) is 0 Å². The third-order valence-corrected chi connectivity index (χ3v) is 7.62. The van der Waals surface area contributed by atoms with Crippen LogP contribution in [0.5, 0.6) is 0 Å². The number of rotatable bonds is 9. The molecular formula is C26H41F. The monoisotopic (exact) mass is 372 g/mol. The van der Waals surface area contributed by atoms with Gasteiger partial charge in [0.2, 0.25) is 0 Å². The van der Waals surface area contributed by atoms with E-state index < -0.39 is 0 Å². The number of benzene rings is 1. The highest BCUT2D eigenvalue weighted by Crippen LogP contribution is 2.44. The van der Waals surface area contributed by atoms with E-state index in [9.17, 15) is 4.39 Å². The van der Waals surface area contributed by atoms with Gasteiger partial charge < -0.3 is 0 Å². The minimum absolute atomic E-state index is 0.128. The fourth-order valence-electron chi connectivity index (χ4n) is 5.77. The van der Waals surface area contributed by atoms with Gasteiger partial charge in [0, 0.05) is 0 Å². The number of unbranched alkanes of at least 4 members (excludes halogenated alkanes) is 4. The Morgan fingerprint density at radius 1 is 0.704 bits per heavy atom. The molecule has 0 amide bonds. The normalized spacial score (nSPS) is 29.0. The third kappa shape index (κ3) is 6.61. The first-order chi connectivity index (χ1) is 13.3. The molecule has 1 heteroatoms. The Labute approximate surface area is 167 Å². The van der Waals surface area contributed by atoms with Gasteiger partial charge in [-0.2, -0.15) is 0 Å². The Bertz CT molecular complexity index is 504. The minimum Gasteiger partial charge on any atom is -0.251 e. The second kappa shape index (κ2) is 11.2. The summed E-state index contributed by atoms with van der Waals surface area (Å²) in [4.78, 5) is 0. The fraction of sp³-hybridized carbons (Fsp3) is 0.769. The van der Waals surface area contributed by atoms with Crippen molar-refractivity contribution in [3.05, 3.63) is 35.4 Å². The summed E-state index contributed by atoms with van der Waals surface area (Å²) in [6.07, 6.45) is 18.9. The van der Waals surface area contributed by atoms with Crippen LogP contribution in [0.3, 0.4) is 0 Å². The third-order valence-electron chi connectivity index (χ3n) is 7.62. The Kier molecular flexibility index (Phi) is 8.68. The van der Waals surface area contributed by atoms with E-state index in [0.717, 1.165) is 36.5 Å². The topological polar surface area (TPSA) is 0 Å². The second-order valence-corrected chi connectivity index (χ2v) is 9.55. The molecule has 2 aliphatic rings. The molecule has 152 valence electrons. The maximum Gasteiger partial charge on any atom is 0.0894 e. The molecule has 0 aliphatic heterocycles. The zero-order valence-electron chi connectivity index (χ0n) is 17.6. The van der Waals surface area contributed by atoms with Crippen LogP contribution in [0.15, 0.2) is 24.3 Å². The standard InChI is InChI=1S/C26H41F/c1-21-8-12-23(13-9-21)25-16-18-26(19-17-25)24-14-10-22(11-15-24)7-5-3-2-4-6-20-27/h8-9,12-13,22,24-26H,2-7,10-11,14-20H2,1H3. The van der Waals surface area contributed by atoms with Crippen LogP contribution in [0.25, 0.3) is 0 Å². The molecule has 2 aliphatic carbocycles. The van der Waals surface area contributed by atoms with Gasteiger partial charge in [-0.1, -0.05) is 74.8 Å². The molecule has 0 bridgehead atoms. The Hall–Kier alpha value is -0.850. The smallest absolute Gasteiger partial charge is 0.0894 e. The summed E-state index contributed by atoms with van der Waals surface area (Å²) in [7, 11) is 0. The first-order valence-electron chi connectivity index (χ1n) is 11.9. The summed E-state index contributed by atoms with van der Waals surface area (Å²) in [5.74, 6) is 3.83. The molecule has 2 fully saturated rings. The summed E-state index contributed by atoms with van der Waals surface area (Å²) in [6, 6.07) is 9.29. The van der Waals surface area contributed by atoms with Crippen molar-refractivity contribution in [2.24, 2.45) is 17.8 Å². The fourth-order valence-corrected chi connectivity index (χ4v) is 5.77. The zero-order valence-corrected chi connectivity index (χ0v) is 17.6. The molecule has 0 spiro atoms. The number of hydrogen-bond acceptors (Lipinski definition) is 0. The van der Waals surface area contributed by atoms with Gasteiger partial charge in [-0.3, -0.25) is 4.39 Å². The minimum atomic E-state index is -0.128. The molecule has 0 radical (unpaired) electrons. The predicted octanol–water partition coefficient (Wildman–Crippen LogP) is 8.39. The lowest BCUT2D eigenvalue weighted by Gasteiger charge is -2.38. The first kappa shape index (κ1) is 20.9. The Morgan fingerprint density at radius 3 is 1.89 bits per heavy atom. The van der Waals surface area contributed by atoms with Crippen LogP contribution < -0.4 is 0 Å². The highest BCUT2D eigenvalue weighted by molar-refractivity contribution is 5.24. The van der Waals surface area contributed by atoms with E-state index in [4.69, 9.17) is 0 Å². The lowest BCUT2D eigenvalue weighted by Crippen LogP contribution is -2.25. The highest BCUT2D eigenvalue weighted by Gasteiger charge is 2.31. The SMILES string of the molecule is Cc1ccc(C2CCC(C3CCC(CCCCCCCF)CC3)CC2)cc1. The molecule has 0 unspecified atom stereocenters. The summed E-state index contributed by atoms with van der Waals surface area (Å²) in [5.41, 5.74) is 2.96. The van der Waals surface area contributed by atoms with Crippen LogP contribution >= 0.6 is 0 Å². The molecule has 1 aromatic rings. The van der Waals surface area contributed by atoms with Gasteiger partial charge >= 0.3 is 0 Å². The molecule has 0 N–H and O–H groups in total. The lowest BCUT2D eigenvalue weighted by atomic mass is 9.68. The van der Waals surface area contributed by atoms with E-state index in [1.54, 1.807) is 5.56 Å². The molecule has 0 nitrogen and oxygen atoms in total. The van der Waals surface area contributed by atoms with Gasteiger partial charge in [-0.05, 0) is 81.1 Å². The second-order valence-electron chi connectivity index (χ2n) is 9.55. The van der Waals surface area contributed by atoms with Crippen molar-refractivity contribution >= 4 is 0 Å². The molecule has 1 aromatic carbocycles. The molecule has 0 aromatic heterocycles. The number of alkyl halides is 1. The van der Waals surface area contributed by atoms with Crippen molar-refractivity contribution in [1.29, 1.82) is 0 Å². The van der Waals surface area contributed by atoms with Gasteiger partial charge in [0.05, 0.1) is 6.67 Å². The van der Waals surface area contributed by atoms with Gasteiger partial charge in [-0.15, -0.1) is 0 Å². The van der Waals surface area contributed by atoms with Crippen molar-refractivity contribution in [3.63, 3.8) is 0 Å².